The first-order valence-corrected chi connectivity index (χ1v) is 2.56. The lowest BCUT2D eigenvalue weighted by atomic mass is 11.4. The largest absolute Gasteiger partial charge is 0.307 e. The van der Waals surface area contributed by atoms with Crippen molar-refractivity contribution in [2.45, 2.75) is 0 Å². The van der Waals surface area contributed by atoms with Gasteiger partial charge in [-0.25, -0.2) is 0 Å². The van der Waals surface area contributed by atoms with E-state index in [2.05, 4.69) is 10.9 Å². The van der Waals surface area contributed by atoms with Crippen LogP contribution >= 0.6 is 0 Å². The second-order valence-electron chi connectivity index (χ2n) is 0.744. The summed E-state index contributed by atoms with van der Waals surface area (Å²) in [5, 5.41) is 0. The van der Waals surface area contributed by atoms with E-state index in [0.717, 1.165) is 8.74 Å². The SMILES string of the molecule is C1=[Si]=CNN1. The monoisotopic (exact) mass is 84.0 g/mol. The molecule has 2 N–H and O–H groups in total. The standard InChI is InChI=1S/C2H4N2Si/c1-3-4-2-5-1/h1-4H. The molecule has 0 atom stereocenters. The van der Waals surface area contributed by atoms with Crippen LogP contribution in [0.3, 0.4) is 0 Å². The second kappa shape index (κ2) is 1.12. The Kier molecular flexibility index (Phi) is 0.622. The van der Waals surface area contributed by atoms with Gasteiger partial charge in [-0.1, -0.05) is 0 Å². The molecule has 1 heterocycles. The van der Waals surface area contributed by atoms with Gasteiger partial charge in [0.05, 0.1) is 0 Å². The van der Waals surface area contributed by atoms with Crippen molar-refractivity contribution in [3.63, 3.8) is 0 Å². The van der Waals surface area contributed by atoms with Crippen molar-refractivity contribution >= 4 is 20.3 Å². The predicted molar refractivity (Wildman–Crippen MR) is 24.2 cm³/mol. The van der Waals surface area contributed by atoms with E-state index >= 15 is 0 Å². The van der Waals surface area contributed by atoms with Crippen molar-refractivity contribution in [1.82, 2.24) is 10.9 Å². The maximum absolute atomic E-state index is 2.80. The third-order valence-electron chi connectivity index (χ3n) is 0.394. The molecule has 0 unspecified atom stereocenters. The van der Waals surface area contributed by atoms with Gasteiger partial charge in [-0.15, -0.1) is 0 Å². The van der Waals surface area contributed by atoms with Crippen LogP contribution in [-0.2, 0) is 0 Å². The first kappa shape index (κ1) is 2.78. The minimum absolute atomic E-state index is 0.836. The van der Waals surface area contributed by atoms with Gasteiger partial charge >= 0.3 is 0 Å². The van der Waals surface area contributed by atoms with Crippen LogP contribution in [0.15, 0.2) is 0 Å². The maximum atomic E-state index is 2.80. The van der Waals surface area contributed by atoms with E-state index < -0.39 is 0 Å². The van der Waals surface area contributed by atoms with Crippen molar-refractivity contribution in [3.8, 4) is 0 Å². The lowest BCUT2D eigenvalue weighted by Gasteiger charge is -1.84. The number of hydrogen-bond donors (Lipinski definition) is 2. The predicted octanol–water partition coefficient (Wildman–Crippen LogP) is -1.68. The molecular weight excluding hydrogens is 80.1 g/mol. The lowest BCUT2D eigenvalue weighted by molar-refractivity contribution is 0.928. The topological polar surface area (TPSA) is 24.1 Å². The molecule has 1 aliphatic heterocycles. The van der Waals surface area contributed by atoms with Gasteiger partial charge in [0.15, 0.2) is 0 Å². The number of hydrazine groups is 1. The summed E-state index contributed by atoms with van der Waals surface area (Å²) in [6, 6.07) is 0. The Morgan fingerprint density at radius 3 is 2.00 bits per heavy atom. The normalized spacial score (nSPS) is 14.4. The molecule has 0 aromatic carbocycles. The van der Waals surface area contributed by atoms with E-state index in [1.54, 1.807) is 0 Å². The smallest absolute Gasteiger partial charge is 0.0323 e. The van der Waals surface area contributed by atoms with Crippen LogP contribution in [0.4, 0.5) is 0 Å². The molecule has 0 aromatic heterocycles. The van der Waals surface area contributed by atoms with Gasteiger partial charge in [0.25, 0.3) is 0 Å². The van der Waals surface area contributed by atoms with Gasteiger partial charge in [-0.3, -0.25) is 0 Å². The van der Waals surface area contributed by atoms with Crippen LogP contribution < -0.4 is 10.9 Å². The first-order valence-electron chi connectivity index (χ1n) is 1.40. The Balaban J connectivity index is 2.64. The van der Waals surface area contributed by atoms with E-state index in [4.69, 9.17) is 0 Å². The summed E-state index contributed by atoms with van der Waals surface area (Å²) in [6.45, 7) is 0. The lowest BCUT2D eigenvalue weighted by Crippen LogP contribution is -2.22. The average Bonchev–Trinajstić information content (AvgIpc) is 1.76. The van der Waals surface area contributed by atoms with Crippen LogP contribution in [0.5, 0.6) is 0 Å². The number of nitrogens with one attached hydrogen (secondary N) is 2. The molecule has 26 valence electrons. The fourth-order valence-electron chi connectivity index (χ4n) is 0.208. The van der Waals surface area contributed by atoms with Gasteiger partial charge in [-0.05, 0) is 0 Å². The summed E-state index contributed by atoms with van der Waals surface area (Å²) in [6.07, 6.45) is 0. The molecule has 0 saturated heterocycles. The van der Waals surface area contributed by atoms with Crippen LogP contribution in [-0.4, -0.2) is 20.3 Å². The molecule has 1 rings (SSSR count). The fourth-order valence-corrected chi connectivity index (χ4v) is 0.625. The van der Waals surface area contributed by atoms with Gasteiger partial charge < -0.3 is 10.9 Å². The molecule has 3 heteroatoms. The summed E-state index contributed by atoms with van der Waals surface area (Å²) in [7, 11) is 0.836. The molecule has 0 bridgehead atoms. The zero-order valence-corrected chi connectivity index (χ0v) is 3.65. The quantitative estimate of drug-likeness (QED) is 0.342. The summed E-state index contributed by atoms with van der Waals surface area (Å²) in [5.74, 6) is 3.94. The highest BCUT2D eigenvalue weighted by atomic mass is 28.1. The Morgan fingerprint density at radius 2 is 1.80 bits per heavy atom. The van der Waals surface area contributed by atoms with E-state index in [9.17, 15) is 0 Å². The molecule has 0 aromatic rings. The van der Waals surface area contributed by atoms with E-state index in [0.29, 0.717) is 0 Å². The Labute approximate surface area is 32.2 Å². The van der Waals surface area contributed by atoms with Gasteiger partial charge in [0.2, 0.25) is 0 Å². The fraction of sp³-hybridized carbons (Fsp3) is 0. The van der Waals surface area contributed by atoms with E-state index in [1.165, 1.54) is 0 Å². The zero-order chi connectivity index (χ0) is 3.54. The maximum Gasteiger partial charge on any atom is 0.0323 e. The minimum Gasteiger partial charge on any atom is -0.307 e. The van der Waals surface area contributed by atoms with Crippen molar-refractivity contribution < 1.29 is 0 Å². The highest BCUT2D eigenvalue weighted by Gasteiger charge is 1.67. The third kappa shape index (κ3) is 0.415. The highest BCUT2D eigenvalue weighted by Crippen LogP contribution is 1.31. The van der Waals surface area contributed by atoms with Crippen molar-refractivity contribution in [2.24, 2.45) is 0 Å². The molecule has 2 nitrogen and oxygen atoms in total. The zero-order valence-electron chi connectivity index (χ0n) is 2.65. The van der Waals surface area contributed by atoms with Gasteiger partial charge in [0.1, 0.15) is 0 Å². The van der Waals surface area contributed by atoms with E-state index in [-0.39, 0.29) is 0 Å². The third-order valence-corrected chi connectivity index (χ3v) is 1.02. The summed E-state index contributed by atoms with van der Waals surface area (Å²) < 4.78 is 0. The van der Waals surface area contributed by atoms with Crippen molar-refractivity contribution in [2.75, 3.05) is 0 Å². The average molecular weight is 84.2 g/mol. The molecule has 5 heavy (non-hydrogen) atoms. The van der Waals surface area contributed by atoms with Crippen molar-refractivity contribution in [1.29, 1.82) is 0 Å². The number of hydrogen-bond acceptors (Lipinski definition) is 2. The molecule has 0 fully saturated rings. The first-order chi connectivity index (χ1) is 2.50. The minimum atomic E-state index is 0.836. The van der Waals surface area contributed by atoms with Gasteiger partial charge in [-0.2, -0.15) is 0 Å². The molecular formula is C2H4N2Si. The highest BCUT2D eigenvalue weighted by molar-refractivity contribution is 6.55. The van der Waals surface area contributed by atoms with Crippen LogP contribution in [0.1, 0.15) is 0 Å². The second-order valence-corrected chi connectivity index (χ2v) is 1.65. The molecule has 0 radical (unpaired) electrons. The Hall–Kier alpha value is -0.443. The number of rotatable bonds is 0. The van der Waals surface area contributed by atoms with Crippen LogP contribution in [0.2, 0.25) is 0 Å². The van der Waals surface area contributed by atoms with Crippen LogP contribution in [0.25, 0.3) is 0 Å². The molecule has 0 spiro atoms. The molecule has 1 aliphatic rings. The Bertz CT molecular complexity index is 73.6. The summed E-state index contributed by atoms with van der Waals surface area (Å²) in [4.78, 5) is 0. The van der Waals surface area contributed by atoms with E-state index in [1.807, 2.05) is 11.6 Å². The van der Waals surface area contributed by atoms with Crippen molar-refractivity contribution in [3.05, 3.63) is 0 Å². The molecule has 0 amide bonds. The van der Waals surface area contributed by atoms with Crippen LogP contribution in [0, 0.1) is 0 Å². The van der Waals surface area contributed by atoms with Gasteiger partial charge in [0, 0.05) is 20.3 Å². The Morgan fingerprint density at radius 1 is 1.20 bits per heavy atom. The summed E-state index contributed by atoms with van der Waals surface area (Å²) in [5.41, 5.74) is 5.61. The molecule has 0 saturated carbocycles. The summed E-state index contributed by atoms with van der Waals surface area (Å²) >= 11 is 0. The molecule has 0 aliphatic carbocycles.